The maximum absolute atomic E-state index is 10.8. The molecule has 0 aliphatic carbocycles. The lowest BCUT2D eigenvalue weighted by molar-refractivity contribution is -0.129. The first kappa shape index (κ1) is 11.7. The molecule has 0 fully saturated rings. The molecule has 6 heteroatoms. The Hall–Kier alpha value is -2.37. The average molecular weight is 220 g/mol. The molecule has 1 rings (SSSR count). The van der Waals surface area contributed by atoms with Gasteiger partial charge in [0.25, 0.3) is 0 Å². The Kier molecular flexibility index (Phi) is 4.02. The van der Waals surface area contributed by atoms with Crippen LogP contribution in [0.25, 0.3) is 0 Å². The first-order valence-corrected chi connectivity index (χ1v) is 4.52. The summed E-state index contributed by atoms with van der Waals surface area (Å²) in [5.74, 6) is -1.42. The van der Waals surface area contributed by atoms with Gasteiger partial charge in [-0.05, 0) is 5.56 Å². The molecule has 0 bridgehead atoms. The molecule has 0 unspecified atom stereocenters. The Labute approximate surface area is 92.3 Å². The number of guanidine groups is 1. The molecule has 0 atom stereocenters. The van der Waals surface area contributed by atoms with Crippen LogP contribution in [0.5, 0.6) is 0 Å². The van der Waals surface area contributed by atoms with Gasteiger partial charge in [0.15, 0.2) is 5.71 Å². The minimum Gasteiger partial charge on any atom is -0.477 e. The zero-order chi connectivity index (χ0) is 12.0. The number of hydrogen-bond donors (Lipinski definition) is 3. The number of benzene rings is 1. The van der Waals surface area contributed by atoms with Crippen LogP contribution < -0.4 is 11.5 Å². The molecule has 0 aliphatic heterocycles. The molecule has 6 nitrogen and oxygen atoms in total. The van der Waals surface area contributed by atoms with Crippen LogP contribution in [0.2, 0.25) is 0 Å². The fourth-order valence-electron chi connectivity index (χ4n) is 1.06. The van der Waals surface area contributed by atoms with Crippen LogP contribution in [0, 0.1) is 0 Å². The van der Waals surface area contributed by atoms with Gasteiger partial charge in [-0.3, -0.25) is 0 Å². The van der Waals surface area contributed by atoms with E-state index in [1.165, 1.54) is 0 Å². The highest BCUT2D eigenvalue weighted by molar-refractivity contribution is 6.36. The van der Waals surface area contributed by atoms with E-state index in [9.17, 15) is 4.79 Å². The van der Waals surface area contributed by atoms with Gasteiger partial charge in [0, 0.05) is 6.42 Å². The zero-order valence-electron chi connectivity index (χ0n) is 8.50. The van der Waals surface area contributed by atoms with Crippen molar-refractivity contribution in [3.8, 4) is 0 Å². The molecule has 0 heterocycles. The van der Waals surface area contributed by atoms with Gasteiger partial charge < -0.3 is 16.6 Å². The number of rotatable bonds is 4. The fourth-order valence-corrected chi connectivity index (χ4v) is 1.06. The number of hydrogen-bond acceptors (Lipinski definition) is 3. The normalized spacial score (nSPS) is 10.9. The van der Waals surface area contributed by atoms with Crippen LogP contribution in [0.15, 0.2) is 40.5 Å². The predicted octanol–water partition coefficient (Wildman–Crippen LogP) is -0.0569. The van der Waals surface area contributed by atoms with E-state index in [0.717, 1.165) is 5.56 Å². The van der Waals surface area contributed by atoms with Crippen molar-refractivity contribution in [1.82, 2.24) is 0 Å². The molecule has 1 aromatic carbocycles. The minimum absolute atomic E-state index is 0.111. The second-order valence-electron chi connectivity index (χ2n) is 3.04. The molecule has 0 spiro atoms. The predicted molar refractivity (Wildman–Crippen MR) is 61.0 cm³/mol. The van der Waals surface area contributed by atoms with Crippen molar-refractivity contribution in [1.29, 1.82) is 0 Å². The quantitative estimate of drug-likeness (QED) is 0.374. The summed E-state index contributed by atoms with van der Waals surface area (Å²) >= 11 is 0. The number of carboxylic acids is 1. The summed E-state index contributed by atoms with van der Waals surface area (Å²) in [6.45, 7) is 0. The number of carboxylic acid groups (broad SMARTS) is 1. The van der Waals surface area contributed by atoms with Crippen molar-refractivity contribution >= 4 is 17.6 Å². The molecular weight excluding hydrogens is 208 g/mol. The Morgan fingerprint density at radius 2 is 1.81 bits per heavy atom. The van der Waals surface area contributed by atoms with Gasteiger partial charge in [0.05, 0.1) is 0 Å². The van der Waals surface area contributed by atoms with Gasteiger partial charge in [-0.25, -0.2) is 4.79 Å². The van der Waals surface area contributed by atoms with Crippen molar-refractivity contribution in [2.45, 2.75) is 6.42 Å². The van der Waals surface area contributed by atoms with Gasteiger partial charge in [0.2, 0.25) is 5.96 Å². The summed E-state index contributed by atoms with van der Waals surface area (Å²) in [6.07, 6.45) is 0.174. The maximum atomic E-state index is 10.8. The first-order valence-electron chi connectivity index (χ1n) is 4.52. The third kappa shape index (κ3) is 3.79. The molecule has 0 aromatic heterocycles. The van der Waals surface area contributed by atoms with E-state index in [-0.39, 0.29) is 18.1 Å². The van der Waals surface area contributed by atoms with E-state index in [0.29, 0.717) is 0 Å². The smallest absolute Gasteiger partial charge is 0.352 e. The number of carbonyl (C=O) groups is 1. The van der Waals surface area contributed by atoms with Crippen LogP contribution in [-0.4, -0.2) is 22.7 Å². The largest absolute Gasteiger partial charge is 0.477 e. The highest BCUT2D eigenvalue weighted by Gasteiger charge is 2.10. The van der Waals surface area contributed by atoms with Crippen molar-refractivity contribution < 1.29 is 9.90 Å². The third-order valence-corrected chi connectivity index (χ3v) is 1.75. The number of aliphatic carboxylic acids is 1. The van der Waals surface area contributed by atoms with Crippen LogP contribution in [0.1, 0.15) is 5.56 Å². The maximum Gasteiger partial charge on any atom is 0.352 e. The van der Waals surface area contributed by atoms with Crippen molar-refractivity contribution in [3.05, 3.63) is 35.9 Å². The average Bonchev–Trinajstić information content (AvgIpc) is 2.25. The van der Waals surface area contributed by atoms with Gasteiger partial charge in [-0.2, -0.15) is 0 Å². The Morgan fingerprint density at radius 1 is 1.19 bits per heavy atom. The van der Waals surface area contributed by atoms with Gasteiger partial charge in [0.1, 0.15) is 0 Å². The van der Waals surface area contributed by atoms with Crippen molar-refractivity contribution in [2.24, 2.45) is 21.7 Å². The minimum atomic E-state index is -1.14. The molecule has 16 heavy (non-hydrogen) atoms. The molecule has 0 aliphatic rings. The molecule has 0 radical (unpaired) electrons. The van der Waals surface area contributed by atoms with E-state index in [1.807, 2.05) is 18.2 Å². The fraction of sp³-hybridized carbons (Fsp3) is 0.100. The molecule has 0 saturated heterocycles. The number of nitrogens with two attached hydrogens (primary N) is 2. The van der Waals surface area contributed by atoms with Crippen LogP contribution in [0.3, 0.4) is 0 Å². The van der Waals surface area contributed by atoms with Gasteiger partial charge in [-0.15, -0.1) is 10.2 Å². The molecule has 1 aromatic rings. The highest BCUT2D eigenvalue weighted by Crippen LogP contribution is 2.01. The summed E-state index contributed by atoms with van der Waals surface area (Å²) in [5.41, 5.74) is 10.8. The van der Waals surface area contributed by atoms with E-state index in [4.69, 9.17) is 16.6 Å². The third-order valence-electron chi connectivity index (χ3n) is 1.75. The second-order valence-corrected chi connectivity index (χ2v) is 3.04. The van der Waals surface area contributed by atoms with E-state index < -0.39 is 5.97 Å². The van der Waals surface area contributed by atoms with Crippen LogP contribution in [-0.2, 0) is 11.2 Å². The summed E-state index contributed by atoms with van der Waals surface area (Å²) in [6, 6.07) is 9.07. The van der Waals surface area contributed by atoms with Crippen LogP contribution in [0.4, 0.5) is 0 Å². The lowest BCUT2D eigenvalue weighted by Gasteiger charge is -1.99. The van der Waals surface area contributed by atoms with Crippen molar-refractivity contribution in [2.75, 3.05) is 0 Å². The van der Waals surface area contributed by atoms with Gasteiger partial charge in [-0.1, -0.05) is 30.3 Å². The Bertz CT molecular complexity index is 422. The second kappa shape index (κ2) is 5.50. The Morgan fingerprint density at radius 3 is 2.31 bits per heavy atom. The molecule has 84 valence electrons. The Balaban J connectivity index is 2.85. The molecular formula is C10H12N4O2. The summed E-state index contributed by atoms with van der Waals surface area (Å²) in [4.78, 5) is 10.8. The van der Waals surface area contributed by atoms with Crippen LogP contribution >= 0.6 is 0 Å². The lowest BCUT2D eigenvalue weighted by Crippen LogP contribution is -2.23. The SMILES string of the molecule is NC(N)=N/N=C(/Cc1ccccc1)C(=O)O. The van der Waals surface area contributed by atoms with E-state index in [1.54, 1.807) is 12.1 Å². The molecule has 5 N–H and O–H groups in total. The number of nitrogens with zero attached hydrogens (tertiary/aromatic N) is 2. The van der Waals surface area contributed by atoms with E-state index in [2.05, 4.69) is 10.2 Å². The zero-order valence-corrected chi connectivity index (χ0v) is 8.50. The summed E-state index contributed by atoms with van der Waals surface area (Å²) in [5, 5.41) is 15.7. The highest BCUT2D eigenvalue weighted by atomic mass is 16.4. The van der Waals surface area contributed by atoms with E-state index >= 15 is 0 Å². The molecule has 0 saturated carbocycles. The summed E-state index contributed by atoms with van der Waals surface area (Å²) in [7, 11) is 0. The molecule has 0 amide bonds. The standard InChI is InChI=1S/C10H12N4O2/c11-10(12)14-13-8(9(15)16)6-7-4-2-1-3-5-7/h1-5H,6H2,(H,15,16)(H4,11,12,14)/b13-8-. The monoisotopic (exact) mass is 220 g/mol. The topological polar surface area (TPSA) is 114 Å². The van der Waals surface area contributed by atoms with Crippen molar-refractivity contribution in [3.63, 3.8) is 0 Å². The van der Waals surface area contributed by atoms with Gasteiger partial charge >= 0.3 is 5.97 Å². The summed E-state index contributed by atoms with van der Waals surface area (Å²) < 4.78 is 0. The lowest BCUT2D eigenvalue weighted by atomic mass is 10.1. The first-order chi connectivity index (χ1) is 7.59.